The molecule has 3 aromatic carbocycles. The zero-order chi connectivity index (χ0) is 24.7. The van der Waals surface area contributed by atoms with Crippen LogP contribution in [0.1, 0.15) is 22.3 Å². The van der Waals surface area contributed by atoms with Crippen LogP contribution in [0.2, 0.25) is 0 Å². The second-order valence-corrected chi connectivity index (χ2v) is 8.35. The minimum absolute atomic E-state index is 0.147. The third-order valence-corrected chi connectivity index (χ3v) is 6.03. The molecule has 182 valence electrons. The summed E-state index contributed by atoms with van der Waals surface area (Å²) in [7, 11) is 1.64. The topological polar surface area (TPSA) is 154 Å². The Morgan fingerprint density at radius 2 is 1.15 bits per heavy atom. The van der Waals surface area contributed by atoms with Gasteiger partial charge in [-0.25, -0.2) is 0 Å². The van der Waals surface area contributed by atoms with Gasteiger partial charge < -0.3 is 37.9 Å². The predicted molar refractivity (Wildman–Crippen MR) is 138 cm³/mol. The minimum atomic E-state index is 0.147. The van der Waals surface area contributed by atoms with Crippen molar-refractivity contribution in [2.24, 2.45) is 22.9 Å². The number of aromatic hydroxyl groups is 2. The number of phenols is 2. The highest BCUT2D eigenvalue weighted by molar-refractivity contribution is 5.80. The standard InChI is InChI=1S/C27H36N4O3/c1-34-23-14-18(4-8-28)26(19(15-23)5-9-29)17-2-3-24(25(32)16-17)22-12-20(6-10-30)27(33)21(13-22)7-11-31/h2-3,12-16,32-33H,4-11,28-31H2,1H3. The molecule has 0 aliphatic rings. The van der Waals surface area contributed by atoms with Gasteiger partial charge in [0.05, 0.1) is 7.11 Å². The SMILES string of the molecule is COc1cc(CCN)c(-c2ccc(-c3cc(CCN)c(O)c(CCN)c3)c(O)c2)c(CCN)c1. The predicted octanol–water partition coefficient (Wildman–Crippen LogP) is 2.45. The number of benzene rings is 3. The van der Waals surface area contributed by atoms with E-state index in [9.17, 15) is 10.2 Å². The molecule has 7 nitrogen and oxygen atoms in total. The van der Waals surface area contributed by atoms with Gasteiger partial charge in [-0.15, -0.1) is 0 Å². The Labute approximate surface area is 201 Å². The van der Waals surface area contributed by atoms with E-state index in [4.69, 9.17) is 27.7 Å². The van der Waals surface area contributed by atoms with Crippen LogP contribution in [0.5, 0.6) is 17.2 Å². The summed E-state index contributed by atoms with van der Waals surface area (Å²) >= 11 is 0. The van der Waals surface area contributed by atoms with Gasteiger partial charge in [0.15, 0.2) is 0 Å². The average molecular weight is 465 g/mol. The molecule has 0 spiro atoms. The molecule has 3 rings (SSSR count). The lowest BCUT2D eigenvalue weighted by molar-refractivity contribution is 0.414. The van der Waals surface area contributed by atoms with Crippen LogP contribution in [-0.4, -0.2) is 43.5 Å². The molecular formula is C27H36N4O3. The number of hydrogen-bond acceptors (Lipinski definition) is 7. The van der Waals surface area contributed by atoms with Crippen LogP contribution in [0.25, 0.3) is 22.3 Å². The highest BCUT2D eigenvalue weighted by Gasteiger charge is 2.17. The van der Waals surface area contributed by atoms with Gasteiger partial charge in [-0.1, -0.05) is 12.1 Å². The van der Waals surface area contributed by atoms with Gasteiger partial charge in [-0.2, -0.15) is 0 Å². The van der Waals surface area contributed by atoms with Crippen molar-refractivity contribution in [2.45, 2.75) is 25.7 Å². The van der Waals surface area contributed by atoms with E-state index in [1.54, 1.807) is 13.2 Å². The molecule has 0 fully saturated rings. The van der Waals surface area contributed by atoms with Crippen molar-refractivity contribution in [3.8, 4) is 39.5 Å². The smallest absolute Gasteiger partial charge is 0.124 e. The first-order chi connectivity index (χ1) is 16.5. The highest BCUT2D eigenvalue weighted by atomic mass is 16.5. The van der Waals surface area contributed by atoms with E-state index in [2.05, 4.69) is 0 Å². The fraction of sp³-hybridized carbons (Fsp3) is 0.333. The molecule has 34 heavy (non-hydrogen) atoms. The Morgan fingerprint density at radius 3 is 1.59 bits per heavy atom. The second-order valence-electron chi connectivity index (χ2n) is 8.35. The summed E-state index contributed by atoms with van der Waals surface area (Å²) in [5.41, 5.74) is 30.3. The molecule has 0 aliphatic heterocycles. The van der Waals surface area contributed by atoms with Crippen molar-refractivity contribution < 1.29 is 14.9 Å². The van der Waals surface area contributed by atoms with Crippen LogP contribution in [0.15, 0.2) is 42.5 Å². The molecule has 0 saturated heterocycles. The lowest BCUT2D eigenvalue weighted by Gasteiger charge is -2.18. The first kappa shape index (κ1) is 25.5. The molecule has 0 saturated carbocycles. The summed E-state index contributed by atoms with van der Waals surface area (Å²) < 4.78 is 5.48. The molecule has 0 aromatic heterocycles. The Morgan fingerprint density at radius 1 is 0.647 bits per heavy atom. The zero-order valence-electron chi connectivity index (χ0n) is 19.8. The van der Waals surface area contributed by atoms with E-state index in [0.717, 1.165) is 44.7 Å². The third-order valence-electron chi connectivity index (χ3n) is 6.03. The highest BCUT2D eigenvalue weighted by Crippen LogP contribution is 2.39. The van der Waals surface area contributed by atoms with Crippen LogP contribution in [0.4, 0.5) is 0 Å². The van der Waals surface area contributed by atoms with Crippen molar-refractivity contribution in [1.29, 1.82) is 0 Å². The summed E-state index contributed by atoms with van der Waals surface area (Å²) in [6.07, 6.45) is 2.42. The lowest BCUT2D eigenvalue weighted by atomic mass is 9.89. The van der Waals surface area contributed by atoms with Crippen molar-refractivity contribution in [3.05, 3.63) is 64.7 Å². The summed E-state index contributed by atoms with van der Waals surface area (Å²) in [6, 6.07) is 13.4. The Bertz CT molecular complexity index is 1080. The third kappa shape index (κ3) is 5.51. The fourth-order valence-corrected chi connectivity index (χ4v) is 4.47. The van der Waals surface area contributed by atoms with Gasteiger partial charge >= 0.3 is 0 Å². The molecule has 0 bridgehead atoms. The average Bonchev–Trinajstić information content (AvgIpc) is 2.82. The Hall–Kier alpha value is -3.10. The van der Waals surface area contributed by atoms with E-state index in [-0.39, 0.29) is 11.5 Å². The molecule has 0 unspecified atom stereocenters. The van der Waals surface area contributed by atoms with Crippen molar-refractivity contribution in [2.75, 3.05) is 33.3 Å². The fourth-order valence-electron chi connectivity index (χ4n) is 4.47. The molecule has 0 atom stereocenters. The first-order valence-corrected chi connectivity index (χ1v) is 11.7. The van der Waals surface area contributed by atoms with Crippen molar-refractivity contribution >= 4 is 0 Å². The number of rotatable bonds is 11. The zero-order valence-corrected chi connectivity index (χ0v) is 19.8. The second kappa shape index (κ2) is 11.9. The maximum atomic E-state index is 11.1. The van der Waals surface area contributed by atoms with Crippen molar-refractivity contribution in [1.82, 2.24) is 0 Å². The molecular weight excluding hydrogens is 428 g/mol. The van der Waals surface area contributed by atoms with Gasteiger partial charge in [0, 0.05) is 5.56 Å². The number of phenolic OH excluding ortho intramolecular Hbond substituents is 2. The maximum Gasteiger partial charge on any atom is 0.124 e. The Kier molecular flexibility index (Phi) is 8.90. The van der Waals surface area contributed by atoms with Gasteiger partial charge in [-0.3, -0.25) is 0 Å². The van der Waals surface area contributed by atoms with E-state index in [1.165, 1.54) is 0 Å². The summed E-state index contributed by atoms with van der Waals surface area (Å²) in [4.78, 5) is 0. The van der Waals surface area contributed by atoms with Gasteiger partial charge in [0.25, 0.3) is 0 Å². The maximum absolute atomic E-state index is 11.1. The number of methoxy groups -OCH3 is 1. The van der Waals surface area contributed by atoms with Crippen LogP contribution in [0.3, 0.4) is 0 Å². The number of ether oxygens (including phenoxy) is 1. The van der Waals surface area contributed by atoms with Crippen LogP contribution in [-0.2, 0) is 25.7 Å². The molecule has 0 aliphatic carbocycles. The summed E-state index contributed by atoms with van der Waals surface area (Å²) in [5.74, 6) is 1.14. The number of nitrogens with two attached hydrogens (primary N) is 4. The first-order valence-electron chi connectivity index (χ1n) is 11.7. The van der Waals surface area contributed by atoms with Crippen LogP contribution in [0, 0.1) is 0 Å². The van der Waals surface area contributed by atoms with Crippen LogP contribution >= 0.6 is 0 Å². The summed E-state index contributed by atoms with van der Waals surface area (Å²) in [6.45, 7) is 1.81. The molecule has 0 heterocycles. The molecule has 7 heteroatoms. The van der Waals surface area contributed by atoms with E-state index >= 15 is 0 Å². The quantitative estimate of drug-likeness (QED) is 0.255. The normalized spacial score (nSPS) is 11.1. The van der Waals surface area contributed by atoms with Gasteiger partial charge in [0.2, 0.25) is 0 Å². The minimum Gasteiger partial charge on any atom is -0.507 e. The lowest BCUT2D eigenvalue weighted by Crippen LogP contribution is -2.09. The van der Waals surface area contributed by atoms with E-state index in [1.807, 2.05) is 36.4 Å². The van der Waals surface area contributed by atoms with Gasteiger partial charge in [0.1, 0.15) is 17.2 Å². The van der Waals surface area contributed by atoms with E-state index < -0.39 is 0 Å². The van der Waals surface area contributed by atoms with Crippen molar-refractivity contribution in [3.63, 3.8) is 0 Å². The molecule has 10 N–H and O–H groups in total. The van der Waals surface area contributed by atoms with Gasteiger partial charge in [-0.05, 0) is 121 Å². The Balaban J connectivity index is 2.14. The molecule has 0 amide bonds. The summed E-state index contributed by atoms with van der Waals surface area (Å²) in [5, 5.41) is 21.7. The van der Waals surface area contributed by atoms with E-state index in [0.29, 0.717) is 57.4 Å². The molecule has 0 radical (unpaired) electrons. The largest absolute Gasteiger partial charge is 0.507 e. The monoisotopic (exact) mass is 464 g/mol. The number of hydrogen-bond donors (Lipinski definition) is 6. The molecule has 3 aromatic rings. The van der Waals surface area contributed by atoms with Crippen LogP contribution < -0.4 is 27.7 Å².